The van der Waals surface area contributed by atoms with Gasteiger partial charge in [-0.2, -0.15) is 0 Å². The smallest absolute Gasteiger partial charge is 0.323 e. The third kappa shape index (κ3) is 3.26. The summed E-state index contributed by atoms with van der Waals surface area (Å²) in [6, 6.07) is 7.87. The van der Waals surface area contributed by atoms with Gasteiger partial charge < -0.3 is 5.11 Å². The lowest BCUT2D eigenvalue weighted by Crippen LogP contribution is -2.33. The van der Waals surface area contributed by atoms with Crippen LogP contribution in [0.25, 0.3) is 6.08 Å². The van der Waals surface area contributed by atoms with E-state index in [2.05, 4.69) is 6.92 Å². The summed E-state index contributed by atoms with van der Waals surface area (Å²) in [5.74, 6) is -1.42. The fourth-order valence-electron chi connectivity index (χ4n) is 1.77. The largest absolute Gasteiger partial charge is 0.480 e. The molecule has 0 aliphatic carbocycles. The van der Waals surface area contributed by atoms with Crippen LogP contribution >= 0.6 is 24.0 Å². The molecule has 1 aromatic rings. The summed E-state index contributed by atoms with van der Waals surface area (Å²) in [5, 5.41) is 8.76. The van der Waals surface area contributed by atoms with Crippen LogP contribution in [-0.2, 0) is 16.0 Å². The number of nitrogens with zero attached hydrogens (tertiary/aromatic N) is 1. The predicted octanol–water partition coefficient (Wildman–Crippen LogP) is 2.53. The Morgan fingerprint density at radius 2 is 2.05 bits per heavy atom. The topological polar surface area (TPSA) is 57.6 Å². The maximum Gasteiger partial charge on any atom is 0.323 e. The molecule has 1 aliphatic rings. The maximum absolute atomic E-state index is 12.1. The van der Waals surface area contributed by atoms with Crippen molar-refractivity contribution < 1.29 is 14.7 Å². The number of amides is 1. The van der Waals surface area contributed by atoms with Gasteiger partial charge in [-0.3, -0.25) is 14.5 Å². The van der Waals surface area contributed by atoms with Crippen LogP contribution in [0.5, 0.6) is 0 Å². The van der Waals surface area contributed by atoms with E-state index >= 15 is 0 Å². The maximum atomic E-state index is 12.1. The molecule has 0 atom stereocenters. The number of carbonyl (C=O) groups excluding carboxylic acids is 1. The normalized spacial score (nSPS) is 17.1. The minimum absolute atomic E-state index is 0.286. The standard InChI is InChI=1S/C14H13NO3S2/c1-2-9-3-5-10(6-4-9)7-11-13(18)15(8-12(16)17)14(19)20-11/h3-7H,2,8H2,1H3,(H,16,17). The predicted molar refractivity (Wildman–Crippen MR) is 83.3 cm³/mol. The van der Waals surface area contributed by atoms with Gasteiger partial charge in [0, 0.05) is 0 Å². The molecule has 0 radical (unpaired) electrons. The Kier molecular flexibility index (Phi) is 4.57. The lowest BCUT2D eigenvalue weighted by Gasteiger charge is -2.10. The van der Waals surface area contributed by atoms with Crippen LogP contribution in [0.4, 0.5) is 0 Å². The summed E-state index contributed by atoms with van der Waals surface area (Å²) in [6.07, 6.45) is 2.70. The zero-order chi connectivity index (χ0) is 14.7. The molecule has 0 saturated carbocycles. The molecule has 1 N–H and O–H groups in total. The first-order valence-electron chi connectivity index (χ1n) is 6.07. The van der Waals surface area contributed by atoms with Gasteiger partial charge in [-0.05, 0) is 23.6 Å². The second-order valence-corrected chi connectivity index (χ2v) is 5.93. The zero-order valence-corrected chi connectivity index (χ0v) is 12.5. The van der Waals surface area contributed by atoms with Gasteiger partial charge in [0.25, 0.3) is 5.91 Å². The first-order valence-corrected chi connectivity index (χ1v) is 7.30. The summed E-state index contributed by atoms with van der Waals surface area (Å²) < 4.78 is 0.286. The Morgan fingerprint density at radius 3 is 2.60 bits per heavy atom. The SMILES string of the molecule is CCc1ccc(C=C2SC(=S)N(CC(=O)O)C2=O)cc1. The molecule has 20 heavy (non-hydrogen) atoms. The molecule has 0 unspecified atom stereocenters. The van der Waals surface area contributed by atoms with Gasteiger partial charge in [0.05, 0.1) is 4.91 Å². The highest BCUT2D eigenvalue weighted by atomic mass is 32.2. The van der Waals surface area contributed by atoms with Crippen molar-refractivity contribution in [2.24, 2.45) is 0 Å². The van der Waals surface area contributed by atoms with Gasteiger partial charge in [-0.1, -0.05) is 55.2 Å². The van der Waals surface area contributed by atoms with Crippen LogP contribution in [0, 0.1) is 0 Å². The van der Waals surface area contributed by atoms with Gasteiger partial charge in [0.2, 0.25) is 0 Å². The third-order valence-electron chi connectivity index (χ3n) is 2.85. The molecule has 1 aliphatic heterocycles. The Bertz CT molecular complexity index is 593. The van der Waals surface area contributed by atoms with Crippen molar-refractivity contribution in [2.45, 2.75) is 13.3 Å². The highest BCUT2D eigenvalue weighted by Gasteiger charge is 2.33. The number of hydrogen-bond acceptors (Lipinski definition) is 4. The molecule has 0 bridgehead atoms. The van der Waals surface area contributed by atoms with E-state index in [1.807, 2.05) is 24.3 Å². The number of rotatable bonds is 4. The Balaban J connectivity index is 2.20. The van der Waals surface area contributed by atoms with E-state index in [9.17, 15) is 9.59 Å². The van der Waals surface area contributed by atoms with Crippen LogP contribution in [0.3, 0.4) is 0 Å². The number of benzene rings is 1. The monoisotopic (exact) mass is 307 g/mol. The summed E-state index contributed by atoms with van der Waals surface area (Å²) >= 11 is 6.17. The number of carboxylic acid groups (broad SMARTS) is 1. The fraction of sp³-hybridized carbons (Fsp3) is 0.214. The van der Waals surface area contributed by atoms with Crippen LogP contribution in [0.2, 0.25) is 0 Å². The van der Waals surface area contributed by atoms with Crippen molar-refractivity contribution in [1.29, 1.82) is 0 Å². The molecular weight excluding hydrogens is 294 g/mol. The molecule has 0 aromatic heterocycles. The number of aryl methyl sites for hydroxylation is 1. The summed E-state index contributed by atoms with van der Waals surface area (Å²) in [7, 11) is 0. The Labute approximate surface area is 126 Å². The molecule has 1 fully saturated rings. The fourth-order valence-corrected chi connectivity index (χ4v) is 3.03. The molecule has 4 nitrogen and oxygen atoms in total. The van der Waals surface area contributed by atoms with Gasteiger partial charge in [-0.15, -0.1) is 0 Å². The second kappa shape index (κ2) is 6.19. The summed E-state index contributed by atoms with van der Waals surface area (Å²) in [4.78, 5) is 24.3. The van der Waals surface area contributed by atoms with Gasteiger partial charge >= 0.3 is 5.97 Å². The molecule has 0 spiro atoms. The van der Waals surface area contributed by atoms with Gasteiger partial charge in [0.1, 0.15) is 10.9 Å². The molecule has 1 saturated heterocycles. The Hall–Kier alpha value is -1.66. The molecular formula is C14H13NO3S2. The molecule has 1 amide bonds. The van der Waals surface area contributed by atoms with E-state index in [0.29, 0.717) is 4.91 Å². The zero-order valence-electron chi connectivity index (χ0n) is 10.8. The number of hydrogen-bond donors (Lipinski definition) is 1. The molecule has 6 heteroatoms. The number of aliphatic carboxylic acids is 1. The van der Waals surface area contributed by atoms with Crippen LogP contribution in [0.15, 0.2) is 29.2 Å². The third-order valence-corrected chi connectivity index (χ3v) is 4.23. The van der Waals surface area contributed by atoms with E-state index in [-0.39, 0.29) is 10.2 Å². The first-order chi connectivity index (χ1) is 9.51. The highest BCUT2D eigenvalue weighted by molar-refractivity contribution is 8.26. The van der Waals surface area contributed by atoms with E-state index < -0.39 is 12.5 Å². The van der Waals surface area contributed by atoms with Gasteiger partial charge in [0.15, 0.2) is 0 Å². The lowest BCUT2D eigenvalue weighted by molar-refractivity contribution is -0.140. The summed E-state index contributed by atoms with van der Waals surface area (Å²) in [6.45, 7) is 1.68. The first kappa shape index (κ1) is 14.7. The van der Waals surface area contributed by atoms with Crippen molar-refractivity contribution in [3.8, 4) is 0 Å². The molecule has 1 aromatic carbocycles. The number of carboxylic acids is 1. The minimum atomic E-state index is -1.07. The van der Waals surface area contributed by atoms with Crippen molar-refractivity contribution in [3.05, 3.63) is 40.3 Å². The van der Waals surface area contributed by atoms with E-state index in [1.54, 1.807) is 6.08 Å². The number of thioether (sulfide) groups is 1. The molecule has 104 valence electrons. The molecule has 2 rings (SSSR count). The van der Waals surface area contributed by atoms with Crippen molar-refractivity contribution >= 4 is 46.3 Å². The van der Waals surface area contributed by atoms with E-state index in [1.165, 1.54) is 5.56 Å². The highest BCUT2D eigenvalue weighted by Crippen LogP contribution is 2.32. The van der Waals surface area contributed by atoms with Gasteiger partial charge in [-0.25, -0.2) is 0 Å². The van der Waals surface area contributed by atoms with Crippen molar-refractivity contribution in [1.82, 2.24) is 4.90 Å². The average Bonchev–Trinajstić information content (AvgIpc) is 2.67. The van der Waals surface area contributed by atoms with Crippen LogP contribution < -0.4 is 0 Å². The average molecular weight is 307 g/mol. The van der Waals surface area contributed by atoms with Crippen LogP contribution in [-0.4, -0.2) is 32.7 Å². The summed E-state index contributed by atoms with van der Waals surface area (Å²) in [5.41, 5.74) is 2.12. The van der Waals surface area contributed by atoms with E-state index in [4.69, 9.17) is 17.3 Å². The van der Waals surface area contributed by atoms with Crippen molar-refractivity contribution in [3.63, 3.8) is 0 Å². The quantitative estimate of drug-likeness (QED) is 0.684. The number of thiocarbonyl (C=S) groups is 1. The lowest BCUT2D eigenvalue weighted by atomic mass is 10.1. The minimum Gasteiger partial charge on any atom is -0.480 e. The molecule has 1 heterocycles. The Morgan fingerprint density at radius 1 is 1.40 bits per heavy atom. The number of carbonyl (C=O) groups is 2. The van der Waals surface area contributed by atoms with E-state index in [0.717, 1.165) is 28.6 Å². The second-order valence-electron chi connectivity index (χ2n) is 4.26. The van der Waals surface area contributed by atoms with Crippen LogP contribution in [0.1, 0.15) is 18.1 Å². The van der Waals surface area contributed by atoms with Crippen molar-refractivity contribution in [2.75, 3.05) is 6.54 Å².